The normalized spacial score (nSPS) is 38.9. The lowest BCUT2D eigenvalue weighted by Gasteiger charge is -2.46. The first-order chi connectivity index (χ1) is 9.90. The molecule has 0 aromatic carbocycles. The van der Waals surface area contributed by atoms with E-state index in [2.05, 4.69) is 44.8 Å². The summed E-state index contributed by atoms with van der Waals surface area (Å²) in [5, 5.41) is 3.76. The maximum absolute atomic E-state index is 3.76. The Bertz CT molecular complexity index is 315. The van der Waals surface area contributed by atoms with Crippen LogP contribution in [0.15, 0.2) is 0 Å². The minimum Gasteiger partial charge on any atom is -0.314 e. The Balaban J connectivity index is 1.98. The second kappa shape index (κ2) is 7.46. The summed E-state index contributed by atoms with van der Waals surface area (Å²) in [7, 11) is 0. The van der Waals surface area contributed by atoms with E-state index in [1.165, 1.54) is 58.3 Å². The van der Waals surface area contributed by atoms with Crippen molar-refractivity contribution in [2.75, 3.05) is 26.2 Å². The average Bonchev–Trinajstić information content (AvgIpc) is 2.41. The van der Waals surface area contributed by atoms with Gasteiger partial charge in [0.1, 0.15) is 0 Å². The molecule has 2 rings (SSSR count). The predicted molar refractivity (Wildman–Crippen MR) is 92.6 cm³/mol. The molecule has 1 saturated heterocycles. The van der Waals surface area contributed by atoms with Crippen LogP contribution in [-0.4, -0.2) is 37.1 Å². The van der Waals surface area contributed by atoms with E-state index in [4.69, 9.17) is 0 Å². The zero-order valence-corrected chi connectivity index (χ0v) is 15.1. The van der Waals surface area contributed by atoms with Gasteiger partial charge in [-0.15, -0.1) is 0 Å². The molecule has 2 nitrogen and oxygen atoms in total. The molecule has 1 aliphatic carbocycles. The van der Waals surface area contributed by atoms with Gasteiger partial charge in [0.2, 0.25) is 0 Å². The van der Waals surface area contributed by atoms with Gasteiger partial charge in [-0.2, -0.15) is 0 Å². The molecule has 2 heteroatoms. The molecule has 124 valence electrons. The summed E-state index contributed by atoms with van der Waals surface area (Å²) < 4.78 is 0. The van der Waals surface area contributed by atoms with Crippen LogP contribution in [0.3, 0.4) is 0 Å². The molecule has 0 aromatic rings. The second-order valence-electron chi connectivity index (χ2n) is 8.72. The average molecular weight is 295 g/mol. The summed E-state index contributed by atoms with van der Waals surface area (Å²) in [4.78, 5) is 2.78. The minimum atomic E-state index is 0.530. The highest BCUT2D eigenvalue weighted by Gasteiger charge is 2.37. The number of hydrogen-bond acceptors (Lipinski definition) is 2. The van der Waals surface area contributed by atoms with Crippen LogP contribution in [0.1, 0.15) is 66.7 Å². The van der Waals surface area contributed by atoms with Crippen LogP contribution in [-0.2, 0) is 0 Å². The van der Waals surface area contributed by atoms with Gasteiger partial charge in [0.25, 0.3) is 0 Å². The van der Waals surface area contributed by atoms with Gasteiger partial charge in [-0.25, -0.2) is 0 Å². The lowest BCUT2D eigenvalue weighted by Crippen LogP contribution is -2.50. The molecular formula is C19H38N2. The first kappa shape index (κ1) is 17.3. The van der Waals surface area contributed by atoms with E-state index >= 15 is 0 Å². The molecule has 0 amide bonds. The van der Waals surface area contributed by atoms with Gasteiger partial charge in [-0.05, 0) is 49.0 Å². The van der Waals surface area contributed by atoms with E-state index < -0.39 is 0 Å². The highest BCUT2D eigenvalue weighted by molar-refractivity contribution is 4.91. The SMILES string of the molecule is CC1CCCC(CNC(C)C)(CN2CCC(C)C(C)C2)C1. The lowest BCUT2D eigenvalue weighted by atomic mass is 9.69. The number of piperidine rings is 1. The van der Waals surface area contributed by atoms with Crippen molar-refractivity contribution in [2.24, 2.45) is 23.2 Å². The van der Waals surface area contributed by atoms with Crippen LogP contribution < -0.4 is 5.32 Å². The Morgan fingerprint density at radius 3 is 2.52 bits per heavy atom. The molecular weight excluding hydrogens is 256 g/mol. The maximum atomic E-state index is 3.76. The molecule has 0 radical (unpaired) electrons. The lowest BCUT2D eigenvalue weighted by molar-refractivity contribution is 0.0450. The van der Waals surface area contributed by atoms with E-state index in [0.29, 0.717) is 11.5 Å². The fourth-order valence-electron chi connectivity index (χ4n) is 4.52. The zero-order chi connectivity index (χ0) is 15.5. The molecule has 4 atom stereocenters. The van der Waals surface area contributed by atoms with Crippen LogP contribution in [0.4, 0.5) is 0 Å². The number of rotatable bonds is 5. The van der Waals surface area contributed by atoms with E-state index in [1.54, 1.807) is 0 Å². The van der Waals surface area contributed by atoms with E-state index in [9.17, 15) is 0 Å². The van der Waals surface area contributed by atoms with Crippen LogP contribution in [0.2, 0.25) is 0 Å². The molecule has 0 bridgehead atoms. The van der Waals surface area contributed by atoms with Gasteiger partial charge in [0, 0.05) is 25.7 Å². The van der Waals surface area contributed by atoms with Crippen molar-refractivity contribution < 1.29 is 0 Å². The first-order valence-corrected chi connectivity index (χ1v) is 9.36. The Morgan fingerprint density at radius 1 is 1.14 bits per heavy atom. The highest BCUT2D eigenvalue weighted by Crippen LogP contribution is 2.40. The third kappa shape index (κ3) is 4.96. The fraction of sp³-hybridized carbons (Fsp3) is 1.00. The molecule has 1 heterocycles. The van der Waals surface area contributed by atoms with Crippen molar-refractivity contribution in [1.82, 2.24) is 10.2 Å². The Labute approximate surface area is 133 Å². The second-order valence-corrected chi connectivity index (χ2v) is 8.72. The van der Waals surface area contributed by atoms with Crippen molar-refractivity contribution >= 4 is 0 Å². The predicted octanol–water partition coefficient (Wildman–Crippen LogP) is 4.16. The van der Waals surface area contributed by atoms with Gasteiger partial charge in [-0.3, -0.25) is 0 Å². The van der Waals surface area contributed by atoms with Crippen molar-refractivity contribution in [3.63, 3.8) is 0 Å². The summed E-state index contributed by atoms with van der Waals surface area (Å²) in [6.07, 6.45) is 7.12. The molecule has 0 spiro atoms. The number of hydrogen-bond donors (Lipinski definition) is 1. The molecule has 4 unspecified atom stereocenters. The van der Waals surface area contributed by atoms with Crippen molar-refractivity contribution in [3.8, 4) is 0 Å². The Morgan fingerprint density at radius 2 is 1.90 bits per heavy atom. The van der Waals surface area contributed by atoms with Crippen LogP contribution in [0, 0.1) is 23.2 Å². The third-order valence-corrected chi connectivity index (χ3v) is 6.05. The first-order valence-electron chi connectivity index (χ1n) is 9.36. The van der Waals surface area contributed by atoms with Gasteiger partial charge < -0.3 is 10.2 Å². The van der Waals surface area contributed by atoms with Gasteiger partial charge in [0.05, 0.1) is 0 Å². The van der Waals surface area contributed by atoms with Gasteiger partial charge in [-0.1, -0.05) is 47.5 Å². The van der Waals surface area contributed by atoms with Gasteiger partial charge in [0.15, 0.2) is 0 Å². The quantitative estimate of drug-likeness (QED) is 0.819. The largest absolute Gasteiger partial charge is 0.314 e. The maximum Gasteiger partial charge on any atom is 0.00504 e. The topological polar surface area (TPSA) is 15.3 Å². The van der Waals surface area contributed by atoms with Crippen LogP contribution in [0.5, 0.6) is 0 Å². The molecule has 2 aliphatic rings. The van der Waals surface area contributed by atoms with Gasteiger partial charge >= 0.3 is 0 Å². The monoisotopic (exact) mass is 294 g/mol. The summed E-state index contributed by atoms with van der Waals surface area (Å²) in [5.41, 5.74) is 0.530. The van der Waals surface area contributed by atoms with Crippen molar-refractivity contribution in [1.29, 1.82) is 0 Å². The molecule has 1 saturated carbocycles. The summed E-state index contributed by atoms with van der Waals surface area (Å²) in [6, 6.07) is 0.611. The Hall–Kier alpha value is -0.0800. The van der Waals surface area contributed by atoms with Crippen molar-refractivity contribution in [3.05, 3.63) is 0 Å². The highest BCUT2D eigenvalue weighted by atomic mass is 15.1. The summed E-state index contributed by atoms with van der Waals surface area (Å²) >= 11 is 0. The van der Waals surface area contributed by atoms with E-state index in [1.807, 2.05) is 0 Å². The fourth-order valence-corrected chi connectivity index (χ4v) is 4.52. The standard InChI is InChI=1S/C19H38N2/c1-15(2)20-13-19(9-6-7-16(3)11-19)14-21-10-8-17(4)18(5)12-21/h15-18,20H,6-14H2,1-5H3. The van der Waals surface area contributed by atoms with Crippen molar-refractivity contribution in [2.45, 2.75) is 72.8 Å². The molecule has 21 heavy (non-hydrogen) atoms. The summed E-state index contributed by atoms with van der Waals surface area (Å²) in [6.45, 7) is 17.1. The summed E-state index contributed by atoms with van der Waals surface area (Å²) in [5.74, 6) is 2.69. The van der Waals surface area contributed by atoms with E-state index in [-0.39, 0.29) is 0 Å². The molecule has 2 fully saturated rings. The Kier molecular flexibility index (Phi) is 6.14. The molecule has 0 aromatic heterocycles. The van der Waals surface area contributed by atoms with Crippen LogP contribution in [0.25, 0.3) is 0 Å². The minimum absolute atomic E-state index is 0.530. The zero-order valence-electron chi connectivity index (χ0n) is 15.1. The molecule has 1 N–H and O–H groups in total. The number of likely N-dealkylation sites (tertiary alicyclic amines) is 1. The van der Waals surface area contributed by atoms with Crippen LogP contribution >= 0.6 is 0 Å². The molecule has 1 aliphatic heterocycles. The third-order valence-electron chi connectivity index (χ3n) is 6.05. The van der Waals surface area contributed by atoms with E-state index in [0.717, 1.165) is 17.8 Å². The number of nitrogens with one attached hydrogen (secondary N) is 1. The smallest absolute Gasteiger partial charge is 0.00504 e. The number of nitrogens with zero attached hydrogens (tertiary/aromatic N) is 1.